The molecule has 3 heterocycles. The second kappa shape index (κ2) is 6.62. The molecule has 1 amide bonds. The molecule has 0 saturated carbocycles. The van der Waals surface area contributed by atoms with Gasteiger partial charge in [0, 0.05) is 37.1 Å². The summed E-state index contributed by atoms with van der Waals surface area (Å²) < 4.78 is 38.0. The lowest BCUT2D eigenvalue weighted by Crippen LogP contribution is -2.40. The fourth-order valence-electron chi connectivity index (χ4n) is 2.94. The number of carbonyl (C=O) groups is 1. The normalized spacial score (nSPS) is 18.6. The Hall–Kier alpha value is -2.38. The molecule has 0 bridgehead atoms. The number of aromatic amines is 1. The first-order chi connectivity index (χ1) is 11.4. The zero-order valence-electron chi connectivity index (χ0n) is 12.9. The highest BCUT2D eigenvalue weighted by molar-refractivity contribution is 5.78. The number of hydrogen-bond donors (Lipinski definition) is 1. The summed E-state index contributed by atoms with van der Waals surface area (Å²) in [7, 11) is 0. The van der Waals surface area contributed by atoms with Crippen LogP contribution in [0.2, 0.25) is 0 Å². The van der Waals surface area contributed by atoms with E-state index < -0.39 is 11.9 Å². The Morgan fingerprint density at radius 2 is 2.25 bits per heavy atom. The maximum Gasteiger partial charge on any atom is 0.435 e. The Balaban J connectivity index is 1.66. The molecule has 8 heteroatoms. The number of carbonyl (C=O) groups excluding carboxylic acids is 1. The third-order valence-corrected chi connectivity index (χ3v) is 4.18. The van der Waals surface area contributed by atoms with E-state index in [9.17, 15) is 18.0 Å². The molecule has 3 rings (SSSR count). The van der Waals surface area contributed by atoms with Gasteiger partial charge in [0.25, 0.3) is 0 Å². The highest BCUT2D eigenvalue weighted by atomic mass is 19.4. The lowest BCUT2D eigenvalue weighted by atomic mass is 9.94. The number of aromatic nitrogens is 3. The molecular weight excluding hydrogens is 321 g/mol. The van der Waals surface area contributed by atoms with Crippen molar-refractivity contribution in [1.82, 2.24) is 20.1 Å². The smallest absolute Gasteiger partial charge is 0.342 e. The van der Waals surface area contributed by atoms with Crippen LogP contribution in [0.4, 0.5) is 13.2 Å². The Labute approximate surface area is 136 Å². The first-order valence-corrected chi connectivity index (χ1v) is 7.72. The molecule has 2 aromatic rings. The SMILES string of the molecule is O=C(Cc1cccnc1)N1CCCC(c2cc(C(F)(F)F)n[nH]2)C1. The van der Waals surface area contributed by atoms with Gasteiger partial charge in [-0.25, -0.2) is 0 Å². The number of H-pyrrole nitrogens is 1. The monoisotopic (exact) mass is 338 g/mol. The van der Waals surface area contributed by atoms with E-state index in [1.165, 1.54) is 0 Å². The van der Waals surface area contributed by atoms with Crippen LogP contribution in [0, 0.1) is 0 Å². The molecule has 1 fully saturated rings. The van der Waals surface area contributed by atoms with E-state index in [1.807, 2.05) is 6.07 Å². The number of piperidine rings is 1. The predicted octanol–water partition coefficient (Wildman–Crippen LogP) is 2.77. The summed E-state index contributed by atoms with van der Waals surface area (Å²) in [6.07, 6.45) is 0.557. The third-order valence-electron chi connectivity index (χ3n) is 4.18. The summed E-state index contributed by atoms with van der Waals surface area (Å²) in [5, 5.41) is 5.81. The van der Waals surface area contributed by atoms with Crippen molar-refractivity contribution in [2.45, 2.75) is 31.4 Å². The van der Waals surface area contributed by atoms with Gasteiger partial charge in [0.2, 0.25) is 5.91 Å². The standard InChI is InChI=1S/C16H17F3N4O/c17-16(18,19)14-8-13(21-22-14)12-4-2-6-23(10-12)15(24)7-11-3-1-5-20-9-11/h1,3,5,8-9,12H,2,4,6-7,10H2,(H,21,22). The molecule has 128 valence electrons. The summed E-state index contributed by atoms with van der Waals surface area (Å²) in [6.45, 7) is 1.02. The van der Waals surface area contributed by atoms with E-state index in [4.69, 9.17) is 0 Å². The summed E-state index contributed by atoms with van der Waals surface area (Å²) in [6, 6.07) is 4.64. The van der Waals surface area contributed by atoms with Crippen LogP contribution in [0.1, 0.15) is 35.7 Å². The van der Waals surface area contributed by atoms with E-state index in [0.717, 1.165) is 24.5 Å². The number of likely N-dealkylation sites (tertiary alicyclic amines) is 1. The minimum absolute atomic E-state index is 0.0386. The zero-order valence-corrected chi connectivity index (χ0v) is 12.9. The quantitative estimate of drug-likeness (QED) is 0.936. The number of alkyl halides is 3. The van der Waals surface area contributed by atoms with Crippen LogP contribution in [0.25, 0.3) is 0 Å². The molecular formula is C16H17F3N4O. The van der Waals surface area contributed by atoms with Crippen LogP contribution in [0.15, 0.2) is 30.6 Å². The van der Waals surface area contributed by atoms with Gasteiger partial charge in [-0.2, -0.15) is 18.3 Å². The van der Waals surface area contributed by atoms with Crippen LogP contribution in [-0.2, 0) is 17.4 Å². The molecule has 24 heavy (non-hydrogen) atoms. The van der Waals surface area contributed by atoms with Crippen LogP contribution < -0.4 is 0 Å². The van der Waals surface area contributed by atoms with Crippen LogP contribution >= 0.6 is 0 Å². The highest BCUT2D eigenvalue weighted by Gasteiger charge is 2.35. The topological polar surface area (TPSA) is 61.9 Å². The first-order valence-electron chi connectivity index (χ1n) is 7.72. The average Bonchev–Trinajstić information content (AvgIpc) is 3.06. The van der Waals surface area contributed by atoms with Gasteiger partial charge < -0.3 is 4.90 Å². The van der Waals surface area contributed by atoms with Gasteiger partial charge in [-0.3, -0.25) is 14.9 Å². The van der Waals surface area contributed by atoms with Gasteiger partial charge in [0.1, 0.15) is 0 Å². The number of halogens is 3. The fourth-order valence-corrected chi connectivity index (χ4v) is 2.94. The Morgan fingerprint density at radius 1 is 1.42 bits per heavy atom. The number of pyridine rings is 1. The molecule has 0 spiro atoms. The number of nitrogens with one attached hydrogen (secondary N) is 1. The van der Waals surface area contributed by atoms with Crippen LogP contribution in [0.5, 0.6) is 0 Å². The third kappa shape index (κ3) is 3.74. The minimum atomic E-state index is -4.46. The van der Waals surface area contributed by atoms with Crippen LogP contribution in [-0.4, -0.2) is 39.1 Å². The van der Waals surface area contributed by atoms with Gasteiger partial charge in [-0.1, -0.05) is 6.07 Å². The van der Waals surface area contributed by atoms with Crippen molar-refractivity contribution in [1.29, 1.82) is 0 Å². The van der Waals surface area contributed by atoms with Gasteiger partial charge in [-0.05, 0) is 30.5 Å². The predicted molar refractivity (Wildman–Crippen MR) is 80.1 cm³/mol. The van der Waals surface area contributed by atoms with E-state index in [0.29, 0.717) is 18.8 Å². The number of rotatable bonds is 3. The van der Waals surface area contributed by atoms with E-state index in [1.54, 1.807) is 23.4 Å². The Morgan fingerprint density at radius 3 is 2.92 bits per heavy atom. The zero-order chi connectivity index (χ0) is 17.2. The Kier molecular flexibility index (Phi) is 4.55. The lowest BCUT2D eigenvalue weighted by Gasteiger charge is -2.32. The highest BCUT2D eigenvalue weighted by Crippen LogP contribution is 2.32. The van der Waals surface area contributed by atoms with Crippen molar-refractivity contribution in [2.24, 2.45) is 0 Å². The number of hydrogen-bond acceptors (Lipinski definition) is 3. The summed E-state index contributed by atoms with van der Waals surface area (Å²) in [4.78, 5) is 18.1. The molecule has 0 aromatic carbocycles. The summed E-state index contributed by atoms with van der Waals surface area (Å²) in [5.41, 5.74) is 0.336. The van der Waals surface area contributed by atoms with Gasteiger partial charge in [0.15, 0.2) is 5.69 Å². The number of nitrogens with zero attached hydrogens (tertiary/aromatic N) is 3. The fraction of sp³-hybridized carbons (Fsp3) is 0.438. The van der Waals surface area contributed by atoms with Crippen molar-refractivity contribution in [2.75, 3.05) is 13.1 Å². The van der Waals surface area contributed by atoms with Crippen LogP contribution in [0.3, 0.4) is 0 Å². The lowest BCUT2D eigenvalue weighted by molar-refractivity contribution is -0.141. The first kappa shape index (κ1) is 16.5. The second-order valence-electron chi connectivity index (χ2n) is 5.92. The molecule has 1 unspecified atom stereocenters. The largest absolute Gasteiger partial charge is 0.435 e. The van der Waals surface area contributed by atoms with Gasteiger partial charge in [-0.15, -0.1) is 0 Å². The second-order valence-corrected chi connectivity index (χ2v) is 5.92. The van der Waals surface area contributed by atoms with Crippen molar-refractivity contribution >= 4 is 5.91 Å². The minimum Gasteiger partial charge on any atom is -0.342 e. The van der Waals surface area contributed by atoms with E-state index >= 15 is 0 Å². The Bertz CT molecular complexity index is 699. The maximum absolute atomic E-state index is 12.7. The van der Waals surface area contributed by atoms with Crippen molar-refractivity contribution in [3.63, 3.8) is 0 Å². The molecule has 0 radical (unpaired) electrons. The molecule has 1 atom stereocenters. The maximum atomic E-state index is 12.7. The molecule has 1 N–H and O–H groups in total. The average molecular weight is 338 g/mol. The molecule has 1 aliphatic heterocycles. The van der Waals surface area contributed by atoms with Gasteiger partial charge in [0.05, 0.1) is 6.42 Å². The van der Waals surface area contributed by atoms with E-state index in [-0.39, 0.29) is 18.2 Å². The molecule has 2 aromatic heterocycles. The summed E-state index contributed by atoms with van der Waals surface area (Å²) >= 11 is 0. The van der Waals surface area contributed by atoms with Crippen molar-refractivity contribution in [3.05, 3.63) is 47.5 Å². The molecule has 5 nitrogen and oxygen atoms in total. The van der Waals surface area contributed by atoms with Crippen molar-refractivity contribution < 1.29 is 18.0 Å². The van der Waals surface area contributed by atoms with Gasteiger partial charge >= 0.3 is 6.18 Å². The van der Waals surface area contributed by atoms with Crippen molar-refractivity contribution in [3.8, 4) is 0 Å². The van der Waals surface area contributed by atoms with E-state index in [2.05, 4.69) is 15.2 Å². The molecule has 0 aliphatic carbocycles. The molecule has 1 aliphatic rings. The number of amides is 1. The summed E-state index contributed by atoms with van der Waals surface area (Å²) in [5.74, 6) is -0.191. The molecule has 1 saturated heterocycles.